The van der Waals surface area contributed by atoms with E-state index >= 15 is 0 Å². The fourth-order valence-corrected chi connectivity index (χ4v) is 2.31. The van der Waals surface area contributed by atoms with Gasteiger partial charge in [-0.2, -0.15) is 0 Å². The predicted molar refractivity (Wildman–Crippen MR) is 56.0 cm³/mol. The first-order chi connectivity index (χ1) is 7.26. The van der Waals surface area contributed by atoms with Crippen LogP contribution in [0.5, 0.6) is 0 Å². The van der Waals surface area contributed by atoms with Crippen molar-refractivity contribution < 1.29 is 19.4 Å². The number of hydrogen-bond acceptors (Lipinski definition) is 3. The molecule has 0 unspecified atom stereocenters. The van der Waals surface area contributed by atoms with Crippen LogP contribution in [0.3, 0.4) is 0 Å². The van der Waals surface area contributed by atoms with Crippen molar-refractivity contribution >= 4 is 12.1 Å². The molecule has 5 heteroatoms. The van der Waals surface area contributed by atoms with E-state index in [9.17, 15) is 9.59 Å². The molecule has 2 rings (SSSR count). The van der Waals surface area contributed by atoms with Crippen LogP contribution in [0.2, 0.25) is 0 Å². The number of carbonyl (C=O) groups is 2. The monoisotopic (exact) mass is 227 g/mol. The Hall–Kier alpha value is -1.26. The van der Waals surface area contributed by atoms with Crippen LogP contribution < -0.4 is 0 Å². The molecule has 2 atom stereocenters. The Balaban J connectivity index is 2.00. The van der Waals surface area contributed by atoms with Gasteiger partial charge in [0.2, 0.25) is 0 Å². The van der Waals surface area contributed by atoms with E-state index in [4.69, 9.17) is 9.84 Å². The zero-order valence-electron chi connectivity index (χ0n) is 9.82. The maximum Gasteiger partial charge on any atom is 0.410 e. The van der Waals surface area contributed by atoms with Gasteiger partial charge in [0.25, 0.3) is 0 Å². The van der Waals surface area contributed by atoms with Gasteiger partial charge in [0.1, 0.15) is 5.60 Å². The summed E-state index contributed by atoms with van der Waals surface area (Å²) in [5.74, 6) is -0.788. The molecule has 0 radical (unpaired) electrons. The number of aliphatic carboxylic acids is 1. The summed E-state index contributed by atoms with van der Waals surface area (Å²) in [6, 6.07) is -0.153. The van der Waals surface area contributed by atoms with Gasteiger partial charge < -0.3 is 14.7 Å². The second kappa shape index (κ2) is 3.12. The first-order valence-corrected chi connectivity index (χ1v) is 5.49. The minimum absolute atomic E-state index is 0.153. The summed E-state index contributed by atoms with van der Waals surface area (Å²) in [4.78, 5) is 24.4. The number of carboxylic acids is 1. The third kappa shape index (κ3) is 1.64. The summed E-state index contributed by atoms with van der Waals surface area (Å²) in [5.41, 5.74) is -1.20. The molecule has 0 bridgehead atoms. The molecule has 1 aliphatic heterocycles. The number of hydrogen-bond donors (Lipinski definition) is 1. The zero-order chi connectivity index (χ0) is 12.1. The Kier molecular flexibility index (Phi) is 2.19. The average molecular weight is 227 g/mol. The molecule has 1 aliphatic carbocycles. The third-order valence-corrected chi connectivity index (χ3v) is 3.26. The Bertz CT molecular complexity index is 346. The Morgan fingerprint density at radius 2 is 2.06 bits per heavy atom. The van der Waals surface area contributed by atoms with Crippen molar-refractivity contribution in [3.63, 3.8) is 0 Å². The second-order valence-electron chi connectivity index (χ2n) is 5.60. The Morgan fingerprint density at radius 1 is 1.44 bits per heavy atom. The van der Waals surface area contributed by atoms with Crippen LogP contribution >= 0.6 is 0 Å². The van der Waals surface area contributed by atoms with E-state index in [-0.39, 0.29) is 6.04 Å². The largest absolute Gasteiger partial charge is 0.481 e. The van der Waals surface area contributed by atoms with Crippen LogP contribution in [0.15, 0.2) is 0 Å². The van der Waals surface area contributed by atoms with Crippen LogP contribution in [0.1, 0.15) is 33.6 Å². The number of nitrogens with zero attached hydrogens (tertiary/aromatic N) is 1. The highest BCUT2D eigenvalue weighted by atomic mass is 16.6. The topological polar surface area (TPSA) is 66.8 Å². The maximum atomic E-state index is 11.8. The Morgan fingerprint density at radius 3 is 2.44 bits per heavy atom. The normalized spacial score (nSPS) is 32.2. The van der Waals surface area contributed by atoms with Crippen molar-refractivity contribution in [1.29, 1.82) is 0 Å². The van der Waals surface area contributed by atoms with Gasteiger partial charge in [-0.25, -0.2) is 4.79 Å². The fourth-order valence-electron chi connectivity index (χ4n) is 2.31. The first-order valence-electron chi connectivity index (χ1n) is 5.49. The number of piperidine rings is 1. The van der Waals surface area contributed by atoms with E-state index in [2.05, 4.69) is 0 Å². The molecule has 1 N–H and O–H groups in total. The number of amides is 1. The van der Waals surface area contributed by atoms with Crippen molar-refractivity contribution in [2.24, 2.45) is 5.41 Å². The van der Waals surface area contributed by atoms with E-state index in [1.54, 1.807) is 25.7 Å². The molecule has 1 saturated carbocycles. The smallest absolute Gasteiger partial charge is 0.410 e. The maximum absolute atomic E-state index is 11.8. The van der Waals surface area contributed by atoms with Gasteiger partial charge >= 0.3 is 12.1 Å². The van der Waals surface area contributed by atoms with Gasteiger partial charge in [-0.3, -0.25) is 4.79 Å². The minimum atomic E-state index is -0.788. The first kappa shape index (κ1) is 11.2. The lowest BCUT2D eigenvalue weighted by molar-refractivity contribution is -0.143. The molecule has 0 aromatic rings. The highest BCUT2D eigenvalue weighted by molar-refractivity contribution is 5.83. The summed E-state index contributed by atoms with van der Waals surface area (Å²) in [6.07, 6.45) is 0.728. The molecule has 0 spiro atoms. The molecule has 1 saturated heterocycles. The summed E-state index contributed by atoms with van der Waals surface area (Å²) in [7, 11) is 0. The summed E-state index contributed by atoms with van der Waals surface area (Å²) in [6.45, 7) is 5.90. The highest BCUT2D eigenvalue weighted by Crippen LogP contribution is 2.57. The fraction of sp³-hybridized carbons (Fsp3) is 0.818. The third-order valence-electron chi connectivity index (χ3n) is 3.26. The quantitative estimate of drug-likeness (QED) is 0.736. The molecule has 90 valence electrons. The summed E-state index contributed by atoms with van der Waals surface area (Å²) < 4.78 is 5.24. The zero-order valence-corrected chi connectivity index (χ0v) is 9.82. The molecular formula is C11H17NO4. The van der Waals surface area contributed by atoms with Crippen molar-refractivity contribution in [3.05, 3.63) is 0 Å². The molecule has 0 aromatic heterocycles. The highest BCUT2D eigenvalue weighted by Gasteiger charge is 2.68. The summed E-state index contributed by atoms with van der Waals surface area (Å²) >= 11 is 0. The molecule has 5 nitrogen and oxygen atoms in total. The average Bonchev–Trinajstić information content (AvgIpc) is 2.70. The molecule has 1 amide bonds. The molecule has 1 heterocycles. The Labute approximate surface area is 94.4 Å². The molecule has 2 aliphatic rings. The van der Waals surface area contributed by atoms with Crippen LogP contribution in [-0.4, -0.2) is 40.3 Å². The lowest BCUT2D eigenvalue weighted by Crippen LogP contribution is -2.37. The SMILES string of the molecule is CC(C)(C)OC(=O)N1CC[C@]2(C(=O)O)C[C@H]12. The van der Waals surface area contributed by atoms with Crippen LogP contribution in [0.4, 0.5) is 4.79 Å². The van der Waals surface area contributed by atoms with Gasteiger partial charge in [0, 0.05) is 6.54 Å². The predicted octanol–water partition coefficient (Wildman–Crippen LogP) is 1.47. The van der Waals surface area contributed by atoms with Crippen molar-refractivity contribution in [3.8, 4) is 0 Å². The van der Waals surface area contributed by atoms with Gasteiger partial charge in [-0.15, -0.1) is 0 Å². The van der Waals surface area contributed by atoms with E-state index in [0.29, 0.717) is 19.4 Å². The number of ether oxygens (including phenoxy) is 1. The number of fused-ring (bicyclic) bond motifs is 1. The van der Waals surface area contributed by atoms with Crippen molar-refractivity contribution in [2.45, 2.75) is 45.3 Å². The second-order valence-corrected chi connectivity index (χ2v) is 5.60. The molecule has 2 fully saturated rings. The molecule has 16 heavy (non-hydrogen) atoms. The van der Waals surface area contributed by atoms with E-state index in [1.165, 1.54) is 0 Å². The lowest BCUT2D eigenvalue weighted by atomic mass is 10.1. The van der Waals surface area contributed by atoms with E-state index in [1.807, 2.05) is 0 Å². The lowest BCUT2D eigenvalue weighted by Gasteiger charge is -2.25. The van der Waals surface area contributed by atoms with Gasteiger partial charge in [0.05, 0.1) is 11.5 Å². The standard InChI is InChI=1S/C11H17NO4/c1-10(2,3)16-9(15)12-5-4-11(8(13)14)6-7(11)12/h7H,4-6H2,1-3H3,(H,13,14)/t7-,11-/m0/s1. The van der Waals surface area contributed by atoms with Gasteiger partial charge in [-0.05, 0) is 33.6 Å². The van der Waals surface area contributed by atoms with Crippen LogP contribution in [-0.2, 0) is 9.53 Å². The van der Waals surface area contributed by atoms with E-state index in [0.717, 1.165) is 0 Å². The van der Waals surface area contributed by atoms with Gasteiger partial charge in [0.15, 0.2) is 0 Å². The van der Waals surface area contributed by atoms with Gasteiger partial charge in [-0.1, -0.05) is 0 Å². The van der Waals surface area contributed by atoms with E-state index < -0.39 is 23.1 Å². The van der Waals surface area contributed by atoms with Crippen LogP contribution in [0, 0.1) is 5.41 Å². The molecular weight excluding hydrogens is 210 g/mol. The number of carboxylic acid groups (broad SMARTS) is 1. The minimum Gasteiger partial charge on any atom is -0.481 e. The van der Waals surface area contributed by atoms with Crippen LogP contribution in [0.25, 0.3) is 0 Å². The number of carbonyl (C=O) groups excluding carboxylic acids is 1. The molecule has 0 aromatic carbocycles. The number of rotatable bonds is 1. The van der Waals surface area contributed by atoms with Crippen molar-refractivity contribution in [2.75, 3.05) is 6.54 Å². The number of likely N-dealkylation sites (tertiary alicyclic amines) is 1. The van der Waals surface area contributed by atoms with Crippen molar-refractivity contribution in [1.82, 2.24) is 4.90 Å². The summed E-state index contributed by atoms with van der Waals surface area (Å²) in [5, 5.41) is 9.07.